The summed E-state index contributed by atoms with van der Waals surface area (Å²) in [6, 6.07) is 9.77. The van der Waals surface area contributed by atoms with Gasteiger partial charge in [0.15, 0.2) is 0 Å². The first-order valence-corrected chi connectivity index (χ1v) is 6.75. The van der Waals surface area contributed by atoms with E-state index in [4.69, 9.17) is 5.73 Å². The van der Waals surface area contributed by atoms with Gasteiger partial charge in [0.2, 0.25) is 0 Å². The number of nitrogens with zero attached hydrogens (tertiary/aromatic N) is 1. The molecule has 0 saturated carbocycles. The largest absolute Gasteiger partial charge is 0.434 e. The molecule has 1 heterocycles. The summed E-state index contributed by atoms with van der Waals surface area (Å²) in [5.41, 5.74) is 7.39. The predicted octanol–water partition coefficient (Wildman–Crippen LogP) is 3.69. The third-order valence-corrected chi connectivity index (χ3v) is 3.22. The lowest BCUT2D eigenvalue weighted by atomic mass is 10.0. The molecule has 1 atom stereocenters. The van der Waals surface area contributed by atoms with Crippen molar-refractivity contribution in [3.05, 3.63) is 58.3 Å². The minimum atomic E-state index is -2.87. The summed E-state index contributed by atoms with van der Waals surface area (Å²) in [5.74, 6) is 0.104. The van der Waals surface area contributed by atoms with Crippen molar-refractivity contribution in [2.45, 2.75) is 19.1 Å². The van der Waals surface area contributed by atoms with Gasteiger partial charge >= 0.3 is 6.61 Å². The number of halogens is 3. The topological polar surface area (TPSA) is 48.1 Å². The molecule has 0 aliphatic rings. The molecule has 6 heteroatoms. The smallest absolute Gasteiger partial charge is 0.387 e. The molecule has 0 saturated heterocycles. The Morgan fingerprint density at radius 3 is 2.60 bits per heavy atom. The molecule has 0 aliphatic heterocycles. The van der Waals surface area contributed by atoms with Gasteiger partial charge in [-0.1, -0.05) is 18.2 Å². The maximum atomic E-state index is 12.4. The van der Waals surface area contributed by atoms with Crippen LogP contribution in [0.5, 0.6) is 5.75 Å². The molecule has 1 aromatic carbocycles. The van der Waals surface area contributed by atoms with Gasteiger partial charge < -0.3 is 10.5 Å². The lowest BCUT2D eigenvalue weighted by Gasteiger charge is -2.16. The molecule has 20 heavy (non-hydrogen) atoms. The highest BCUT2D eigenvalue weighted by atomic mass is 79.9. The van der Waals surface area contributed by atoms with Crippen molar-refractivity contribution in [1.29, 1.82) is 0 Å². The van der Waals surface area contributed by atoms with Crippen molar-refractivity contribution < 1.29 is 13.5 Å². The predicted molar refractivity (Wildman–Crippen MR) is 75.6 cm³/mol. The van der Waals surface area contributed by atoms with Crippen molar-refractivity contribution in [1.82, 2.24) is 4.98 Å². The molecule has 0 amide bonds. The molecule has 0 aliphatic carbocycles. The van der Waals surface area contributed by atoms with Crippen molar-refractivity contribution in [3.8, 4) is 5.75 Å². The van der Waals surface area contributed by atoms with E-state index >= 15 is 0 Å². The zero-order chi connectivity index (χ0) is 14.5. The van der Waals surface area contributed by atoms with E-state index in [1.54, 1.807) is 24.4 Å². The number of nitrogens with two attached hydrogens (primary N) is 1. The van der Waals surface area contributed by atoms with Gasteiger partial charge in [-0.2, -0.15) is 8.78 Å². The highest BCUT2D eigenvalue weighted by Crippen LogP contribution is 2.27. The third kappa shape index (κ3) is 3.98. The molecule has 0 spiro atoms. The van der Waals surface area contributed by atoms with Crippen LogP contribution in [0.3, 0.4) is 0 Å². The Kier molecular flexibility index (Phi) is 5.03. The van der Waals surface area contributed by atoms with Gasteiger partial charge in [0, 0.05) is 34.4 Å². The Morgan fingerprint density at radius 2 is 1.95 bits per heavy atom. The first-order valence-electron chi connectivity index (χ1n) is 5.96. The zero-order valence-corrected chi connectivity index (χ0v) is 12.1. The molecule has 0 fully saturated rings. The van der Waals surface area contributed by atoms with E-state index < -0.39 is 12.7 Å². The van der Waals surface area contributed by atoms with E-state index in [1.807, 2.05) is 12.1 Å². The van der Waals surface area contributed by atoms with Crippen molar-refractivity contribution in [2.24, 2.45) is 5.73 Å². The Balaban J connectivity index is 2.16. The summed E-state index contributed by atoms with van der Waals surface area (Å²) >= 11 is 3.30. The Morgan fingerprint density at radius 1 is 1.20 bits per heavy atom. The van der Waals surface area contributed by atoms with E-state index in [0.29, 0.717) is 12.0 Å². The normalized spacial score (nSPS) is 12.4. The first-order chi connectivity index (χ1) is 9.56. The fourth-order valence-corrected chi connectivity index (χ4v) is 2.09. The highest BCUT2D eigenvalue weighted by molar-refractivity contribution is 9.10. The molecule has 1 unspecified atom stereocenters. The van der Waals surface area contributed by atoms with Crippen LogP contribution in [0.25, 0.3) is 0 Å². The van der Waals surface area contributed by atoms with Crippen molar-refractivity contribution in [3.63, 3.8) is 0 Å². The summed E-state index contributed by atoms with van der Waals surface area (Å²) in [5, 5.41) is 0. The van der Waals surface area contributed by atoms with Gasteiger partial charge in [0.25, 0.3) is 0 Å². The lowest BCUT2D eigenvalue weighted by Crippen LogP contribution is -2.16. The summed E-state index contributed by atoms with van der Waals surface area (Å²) in [6.45, 7) is -2.87. The van der Waals surface area contributed by atoms with Gasteiger partial charge in [-0.25, -0.2) is 0 Å². The Hall–Kier alpha value is -1.53. The maximum absolute atomic E-state index is 12.4. The summed E-state index contributed by atoms with van der Waals surface area (Å²) in [4.78, 5) is 4.22. The van der Waals surface area contributed by atoms with Crippen LogP contribution < -0.4 is 10.5 Å². The fraction of sp³-hybridized carbons (Fsp3) is 0.214. The second kappa shape index (κ2) is 6.76. The van der Waals surface area contributed by atoms with Crippen molar-refractivity contribution >= 4 is 15.9 Å². The molecular formula is C14H13BrF2N2O. The number of rotatable bonds is 5. The first kappa shape index (κ1) is 14.9. The molecule has 0 radical (unpaired) electrons. The van der Waals surface area contributed by atoms with Crippen LogP contribution in [-0.2, 0) is 6.42 Å². The van der Waals surface area contributed by atoms with Crippen LogP contribution in [0.4, 0.5) is 8.78 Å². The second-order valence-electron chi connectivity index (χ2n) is 4.19. The van der Waals surface area contributed by atoms with Crippen LogP contribution in [0.1, 0.15) is 17.3 Å². The molecule has 1 aromatic heterocycles. The monoisotopic (exact) mass is 342 g/mol. The minimum Gasteiger partial charge on any atom is -0.434 e. The van der Waals surface area contributed by atoms with Gasteiger partial charge in [0.05, 0.1) is 0 Å². The number of para-hydroxylation sites is 1. The zero-order valence-electron chi connectivity index (χ0n) is 10.5. The van der Waals surface area contributed by atoms with Crippen LogP contribution in [-0.4, -0.2) is 11.6 Å². The highest BCUT2D eigenvalue weighted by Gasteiger charge is 2.15. The average Bonchev–Trinajstić information content (AvgIpc) is 2.41. The average molecular weight is 343 g/mol. The lowest BCUT2D eigenvalue weighted by molar-refractivity contribution is -0.0506. The molecule has 3 nitrogen and oxygen atoms in total. The quantitative estimate of drug-likeness (QED) is 0.901. The summed E-state index contributed by atoms with van der Waals surface area (Å²) in [7, 11) is 0. The third-order valence-electron chi connectivity index (χ3n) is 2.75. The number of hydrogen-bond acceptors (Lipinski definition) is 3. The number of aromatic nitrogens is 1. The van der Waals surface area contributed by atoms with Crippen LogP contribution >= 0.6 is 15.9 Å². The molecule has 106 valence electrons. The van der Waals surface area contributed by atoms with E-state index in [0.717, 1.165) is 10.2 Å². The molecule has 0 bridgehead atoms. The van der Waals surface area contributed by atoms with Crippen LogP contribution in [0.15, 0.2) is 47.1 Å². The standard InChI is InChI=1S/C14H13BrF2N2O/c15-9-5-6-10(19-8-9)7-12(18)11-3-1-2-4-13(11)20-14(16)17/h1-6,8,12,14H,7,18H2. The minimum absolute atomic E-state index is 0.104. The SMILES string of the molecule is NC(Cc1ccc(Br)cn1)c1ccccc1OC(F)F. The molecule has 2 rings (SSSR count). The maximum Gasteiger partial charge on any atom is 0.387 e. The van der Waals surface area contributed by atoms with E-state index in [-0.39, 0.29) is 5.75 Å². The molecule has 2 N–H and O–H groups in total. The summed E-state index contributed by atoms with van der Waals surface area (Å²) < 4.78 is 30.1. The van der Waals surface area contributed by atoms with Gasteiger partial charge in [-0.3, -0.25) is 4.98 Å². The fourth-order valence-electron chi connectivity index (χ4n) is 1.85. The molecule has 2 aromatic rings. The van der Waals surface area contributed by atoms with Crippen molar-refractivity contribution in [2.75, 3.05) is 0 Å². The number of alkyl halides is 2. The Labute approximate surface area is 123 Å². The van der Waals surface area contributed by atoms with Gasteiger partial charge in [-0.05, 0) is 34.1 Å². The van der Waals surface area contributed by atoms with E-state index in [9.17, 15) is 8.78 Å². The second-order valence-corrected chi connectivity index (χ2v) is 5.11. The van der Waals surface area contributed by atoms with Gasteiger partial charge in [-0.15, -0.1) is 0 Å². The Bertz CT molecular complexity index is 563. The molecular weight excluding hydrogens is 330 g/mol. The number of pyridine rings is 1. The van der Waals surface area contributed by atoms with E-state index in [1.165, 1.54) is 6.07 Å². The van der Waals surface area contributed by atoms with E-state index in [2.05, 4.69) is 25.7 Å². The number of hydrogen-bond donors (Lipinski definition) is 1. The van der Waals surface area contributed by atoms with Crippen LogP contribution in [0.2, 0.25) is 0 Å². The van der Waals surface area contributed by atoms with Gasteiger partial charge in [0.1, 0.15) is 5.75 Å². The number of benzene rings is 1. The summed E-state index contributed by atoms with van der Waals surface area (Å²) in [6.07, 6.45) is 2.11. The number of ether oxygens (including phenoxy) is 1. The van der Waals surface area contributed by atoms with Crippen LogP contribution in [0, 0.1) is 0 Å².